The molecule has 1 nitrogen and oxygen atoms in total. The number of aliphatic hydroxyl groups excluding tert-OH is 1. The Hall–Kier alpha value is -0.820. The van der Waals surface area contributed by atoms with Crippen LogP contribution in [0.4, 0.5) is 0 Å². The summed E-state index contributed by atoms with van der Waals surface area (Å²) in [5.41, 5.74) is 3.43. The predicted molar refractivity (Wildman–Crippen MR) is 77.1 cm³/mol. The van der Waals surface area contributed by atoms with Crippen LogP contribution < -0.4 is 0 Å². The maximum atomic E-state index is 10.4. The lowest BCUT2D eigenvalue weighted by molar-refractivity contribution is -0.0226. The second-order valence-electron chi connectivity index (χ2n) is 7.25. The molecule has 0 saturated heterocycles. The molecule has 4 rings (SSSR count). The third-order valence-electron chi connectivity index (χ3n) is 6.59. The molecule has 3 aliphatic carbocycles. The van der Waals surface area contributed by atoms with E-state index in [-0.39, 0.29) is 11.5 Å². The zero-order chi connectivity index (χ0) is 13.0. The Kier molecular flexibility index (Phi) is 2.57. The van der Waals surface area contributed by atoms with E-state index in [1.807, 2.05) is 0 Å². The summed E-state index contributed by atoms with van der Waals surface area (Å²) < 4.78 is 0. The lowest BCUT2D eigenvalue weighted by atomic mass is 9.55. The zero-order valence-corrected chi connectivity index (χ0v) is 11.8. The fourth-order valence-electron chi connectivity index (χ4n) is 5.49. The second kappa shape index (κ2) is 4.09. The Bertz CT molecular complexity index is 494. The molecule has 5 atom stereocenters. The normalized spacial score (nSPS) is 44.3. The first-order valence-electron chi connectivity index (χ1n) is 7.96. The molecule has 0 aliphatic heterocycles. The van der Waals surface area contributed by atoms with E-state index in [2.05, 4.69) is 31.2 Å². The lowest BCUT2D eigenvalue weighted by Crippen LogP contribution is -2.43. The smallest absolute Gasteiger partial charge is 0.0596 e. The third kappa shape index (κ3) is 1.57. The first-order valence-corrected chi connectivity index (χ1v) is 7.96. The molecule has 1 aromatic rings. The molecule has 2 saturated carbocycles. The molecule has 0 amide bonds. The van der Waals surface area contributed by atoms with Gasteiger partial charge in [0.1, 0.15) is 0 Å². The van der Waals surface area contributed by atoms with Crippen molar-refractivity contribution in [1.82, 2.24) is 0 Å². The third-order valence-corrected chi connectivity index (χ3v) is 6.59. The summed E-state index contributed by atoms with van der Waals surface area (Å²) in [7, 11) is 0. The van der Waals surface area contributed by atoms with Gasteiger partial charge in [0.25, 0.3) is 0 Å². The van der Waals surface area contributed by atoms with Crippen LogP contribution in [-0.4, -0.2) is 11.2 Å². The van der Waals surface area contributed by atoms with E-state index in [4.69, 9.17) is 0 Å². The fraction of sp³-hybridized carbons (Fsp3) is 0.667. The molecular weight excluding hydrogens is 232 g/mol. The number of hydrogen-bond donors (Lipinski definition) is 1. The Morgan fingerprint density at radius 3 is 2.84 bits per heavy atom. The average molecular weight is 256 g/mol. The van der Waals surface area contributed by atoms with Crippen LogP contribution in [0, 0.1) is 17.3 Å². The summed E-state index contributed by atoms with van der Waals surface area (Å²) in [4.78, 5) is 0. The Labute approximate surface area is 116 Å². The van der Waals surface area contributed by atoms with E-state index in [1.54, 1.807) is 11.1 Å². The van der Waals surface area contributed by atoms with Gasteiger partial charge in [-0.3, -0.25) is 0 Å². The largest absolute Gasteiger partial charge is 0.393 e. The molecule has 0 unspecified atom stereocenters. The van der Waals surface area contributed by atoms with E-state index in [1.165, 1.54) is 32.1 Å². The number of aliphatic hydroxyl groups is 1. The molecule has 0 spiro atoms. The Balaban J connectivity index is 1.72. The van der Waals surface area contributed by atoms with Gasteiger partial charge in [-0.2, -0.15) is 0 Å². The van der Waals surface area contributed by atoms with E-state index in [0.29, 0.717) is 0 Å². The monoisotopic (exact) mass is 256 g/mol. The first kappa shape index (κ1) is 12.0. The van der Waals surface area contributed by atoms with Gasteiger partial charge < -0.3 is 5.11 Å². The summed E-state index contributed by atoms with van der Waals surface area (Å²) in [6.07, 6.45) is 7.33. The summed E-state index contributed by atoms with van der Waals surface area (Å²) in [6, 6.07) is 9.08. The Morgan fingerprint density at radius 1 is 1.11 bits per heavy atom. The molecule has 19 heavy (non-hydrogen) atoms. The van der Waals surface area contributed by atoms with E-state index < -0.39 is 0 Å². The highest BCUT2D eigenvalue weighted by Crippen LogP contribution is 2.60. The van der Waals surface area contributed by atoms with Crippen molar-refractivity contribution in [2.45, 2.75) is 57.5 Å². The molecule has 0 bridgehead atoms. The number of aryl methyl sites for hydroxylation is 1. The molecule has 1 heteroatoms. The van der Waals surface area contributed by atoms with Crippen molar-refractivity contribution < 1.29 is 5.11 Å². The minimum absolute atomic E-state index is 0.0457. The van der Waals surface area contributed by atoms with Crippen molar-refractivity contribution in [2.75, 3.05) is 0 Å². The van der Waals surface area contributed by atoms with Crippen LogP contribution in [-0.2, 0) is 6.42 Å². The number of fused-ring (bicyclic) bond motifs is 5. The zero-order valence-electron chi connectivity index (χ0n) is 11.8. The van der Waals surface area contributed by atoms with Gasteiger partial charge in [0.05, 0.1) is 6.10 Å². The molecule has 3 aliphatic rings. The quantitative estimate of drug-likeness (QED) is 0.746. The van der Waals surface area contributed by atoms with Crippen LogP contribution in [0.15, 0.2) is 24.3 Å². The molecule has 1 N–H and O–H groups in total. The summed E-state index contributed by atoms with van der Waals surface area (Å²) >= 11 is 0. The maximum Gasteiger partial charge on any atom is 0.0596 e. The minimum Gasteiger partial charge on any atom is -0.393 e. The van der Waals surface area contributed by atoms with Crippen LogP contribution in [0.2, 0.25) is 0 Å². The lowest BCUT2D eigenvalue weighted by Gasteiger charge is -2.50. The predicted octanol–water partition coefficient (Wildman–Crippen LogP) is 3.90. The van der Waals surface area contributed by atoms with E-state index in [0.717, 1.165) is 24.2 Å². The molecular formula is C18H24O. The minimum atomic E-state index is -0.0457. The topological polar surface area (TPSA) is 20.2 Å². The highest BCUT2D eigenvalue weighted by Gasteiger charge is 2.54. The van der Waals surface area contributed by atoms with Crippen molar-refractivity contribution in [3.63, 3.8) is 0 Å². The van der Waals surface area contributed by atoms with E-state index in [9.17, 15) is 5.11 Å². The molecule has 0 aromatic heterocycles. The number of benzene rings is 1. The first-order chi connectivity index (χ1) is 9.20. The Morgan fingerprint density at radius 2 is 1.95 bits per heavy atom. The van der Waals surface area contributed by atoms with Crippen molar-refractivity contribution >= 4 is 0 Å². The van der Waals surface area contributed by atoms with Gasteiger partial charge in [-0.1, -0.05) is 31.2 Å². The average Bonchev–Trinajstić information content (AvgIpc) is 2.75. The van der Waals surface area contributed by atoms with E-state index >= 15 is 0 Å². The number of hydrogen-bond acceptors (Lipinski definition) is 1. The molecule has 2 fully saturated rings. The van der Waals surface area contributed by atoms with Gasteiger partial charge in [-0.15, -0.1) is 0 Å². The van der Waals surface area contributed by atoms with Crippen LogP contribution in [0.1, 0.15) is 56.1 Å². The van der Waals surface area contributed by atoms with Crippen molar-refractivity contribution in [3.05, 3.63) is 35.4 Å². The van der Waals surface area contributed by atoms with Crippen LogP contribution >= 0.6 is 0 Å². The summed E-state index contributed by atoms with van der Waals surface area (Å²) in [5.74, 6) is 2.36. The maximum absolute atomic E-state index is 10.4. The van der Waals surface area contributed by atoms with Crippen LogP contribution in [0.3, 0.4) is 0 Å². The van der Waals surface area contributed by atoms with Gasteiger partial charge in [0, 0.05) is 0 Å². The molecule has 0 heterocycles. The van der Waals surface area contributed by atoms with Gasteiger partial charge in [-0.25, -0.2) is 0 Å². The van der Waals surface area contributed by atoms with Gasteiger partial charge in [0.2, 0.25) is 0 Å². The summed E-state index contributed by atoms with van der Waals surface area (Å²) in [6.45, 7) is 2.35. The SMILES string of the molecule is C[C@]12CC[C@@H]3c4ccccc4CC[C@@H]3[C@@H]1CC[C@@H]2O. The van der Waals surface area contributed by atoms with Crippen molar-refractivity contribution in [1.29, 1.82) is 0 Å². The van der Waals surface area contributed by atoms with Crippen molar-refractivity contribution in [2.24, 2.45) is 17.3 Å². The fourth-order valence-corrected chi connectivity index (χ4v) is 5.49. The molecule has 102 valence electrons. The van der Waals surface area contributed by atoms with Gasteiger partial charge >= 0.3 is 0 Å². The van der Waals surface area contributed by atoms with Crippen LogP contribution in [0.25, 0.3) is 0 Å². The number of rotatable bonds is 0. The van der Waals surface area contributed by atoms with Crippen LogP contribution in [0.5, 0.6) is 0 Å². The van der Waals surface area contributed by atoms with Crippen molar-refractivity contribution in [3.8, 4) is 0 Å². The standard InChI is InChI=1S/C18H24O/c1-18-11-10-14-13-5-3-2-4-12(13)6-7-15(14)16(18)8-9-17(18)19/h2-5,14-17,19H,6-11H2,1H3/t14-,15+,16+,17+,18+/m1/s1. The highest BCUT2D eigenvalue weighted by molar-refractivity contribution is 5.34. The molecule has 1 aromatic carbocycles. The van der Waals surface area contributed by atoms with Gasteiger partial charge in [0.15, 0.2) is 0 Å². The van der Waals surface area contributed by atoms with Gasteiger partial charge in [-0.05, 0) is 72.8 Å². The summed E-state index contributed by atoms with van der Waals surface area (Å²) in [5, 5.41) is 10.4. The second-order valence-corrected chi connectivity index (χ2v) is 7.25. The highest BCUT2D eigenvalue weighted by atomic mass is 16.3. The molecule has 0 radical (unpaired) electrons.